The number of nitrogens with zero attached hydrogens (tertiary/aromatic N) is 2. The lowest BCUT2D eigenvalue weighted by Gasteiger charge is -2.25. The topological polar surface area (TPSA) is 88.1 Å². The maximum atomic E-state index is 14.6. The summed E-state index contributed by atoms with van der Waals surface area (Å²) in [5, 5.41) is 3.93. The van der Waals surface area contributed by atoms with Crippen molar-refractivity contribution < 1.29 is 22.3 Å². The third kappa shape index (κ3) is 6.20. The fourth-order valence-corrected chi connectivity index (χ4v) is 5.27. The number of amides is 1. The summed E-state index contributed by atoms with van der Waals surface area (Å²) >= 11 is 1.82. The summed E-state index contributed by atoms with van der Waals surface area (Å²) in [7, 11) is -4.22. The monoisotopic (exact) mass is 513 g/mol. The molecule has 0 bridgehead atoms. The number of hydrazone groups is 1. The van der Waals surface area contributed by atoms with E-state index in [4.69, 9.17) is 4.74 Å². The van der Waals surface area contributed by atoms with Gasteiger partial charge >= 0.3 is 0 Å². The molecule has 0 saturated carbocycles. The minimum Gasteiger partial charge on any atom is -0.489 e. The number of sulfonamides is 1. The second-order valence-electron chi connectivity index (χ2n) is 7.92. The molecule has 1 saturated heterocycles. The highest BCUT2D eigenvalue weighted by molar-refractivity contribution is 8.00. The van der Waals surface area contributed by atoms with Crippen LogP contribution in [-0.4, -0.2) is 44.7 Å². The standard InChI is InChI=1S/C25H24FN3O4S2/c1-18-9-11-22(12-10-18)35(31,32)29(24-8-3-2-7-23(24)26)15-25(30)28-27-14-19-5-4-6-20(13-19)33-21-16-34-17-21/h2-14,21H,15-17H2,1H3,(H,28,30)/b27-14-. The van der Waals surface area contributed by atoms with E-state index in [1.54, 1.807) is 24.3 Å². The van der Waals surface area contributed by atoms with Crippen LogP contribution in [0, 0.1) is 12.7 Å². The van der Waals surface area contributed by atoms with Crippen molar-refractivity contribution in [1.82, 2.24) is 5.43 Å². The van der Waals surface area contributed by atoms with E-state index in [9.17, 15) is 17.6 Å². The van der Waals surface area contributed by atoms with Crippen LogP contribution in [-0.2, 0) is 14.8 Å². The van der Waals surface area contributed by atoms with Crippen LogP contribution in [0.2, 0.25) is 0 Å². The van der Waals surface area contributed by atoms with Gasteiger partial charge in [-0.2, -0.15) is 16.9 Å². The minimum atomic E-state index is -4.22. The quantitative estimate of drug-likeness (QED) is 0.346. The molecule has 1 amide bonds. The van der Waals surface area contributed by atoms with Crippen molar-refractivity contribution in [2.45, 2.75) is 17.9 Å². The van der Waals surface area contributed by atoms with Crippen LogP contribution >= 0.6 is 11.8 Å². The number of ether oxygens (including phenoxy) is 1. The Hall–Kier alpha value is -3.37. The van der Waals surface area contributed by atoms with Crippen LogP contribution in [0.1, 0.15) is 11.1 Å². The summed E-state index contributed by atoms with van der Waals surface area (Å²) < 4.78 is 47.7. The molecule has 0 atom stereocenters. The molecule has 1 aliphatic rings. The van der Waals surface area contributed by atoms with Gasteiger partial charge in [-0.05, 0) is 48.9 Å². The fourth-order valence-electron chi connectivity index (χ4n) is 3.28. The summed E-state index contributed by atoms with van der Waals surface area (Å²) in [5.74, 6) is 1.14. The van der Waals surface area contributed by atoms with Gasteiger partial charge < -0.3 is 4.74 Å². The number of carbonyl (C=O) groups excluding carboxylic acids is 1. The molecule has 10 heteroatoms. The zero-order chi connectivity index (χ0) is 24.8. The number of halogens is 1. The van der Waals surface area contributed by atoms with Crippen molar-refractivity contribution in [2.75, 3.05) is 22.4 Å². The zero-order valence-electron chi connectivity index (χ0n) is 18.9. The van der Waals surface area contributed by atoms with Crippen LogP contribution in [0.15, 0.2) is 82.8 Å². The number of thioether (sulfide) groups is 1. The number of hydrogen-bond acceptors (Lipinski definition) is 6. The number of nitrogens with one attached hydrogen (secondary N) is 1. The average molecular weight is 514 g/mol. The van der Waals surface area contributed by atoms with Gasteiger partial charge in [-0.15, -0.1) is 0 Å². The molecule has 1 heterocycles. The molecule has 0 radical (unpaired) electrons. The van der Waals surface area contributed by atoms with Gasteiger partial charge in [-0.1, -0.05) is 42.0 Å². The highest BCUT2D eigenvalue weighted by Crippen LogP contribution is 2.26. The molecule has 3 aromatic carbocycles. The molecule has 4 rings (SSSR count). The maximum Gasteiger partial charge on any atom is 0.264 e. The molecule has 1 fully saturated rings. The Morgan fingerprint density at radius 3 is 2.57 bits per heavy atom. The van der Waals surface area contributed by atoms with E-state index in [-0.39, 0.29) is 16.7 Å². The van der Waals surface area contributed by atoms with Crippen molar-refractivity contribution in [2.24, 2.45) is 5.10 Å². The lowest BCUT2D eigenvalue weighted by molar-refractivity contribution is -0.119. The number of rotatable bonds is 9. The molecule has 1 N–H and O–H groups in total. The van der Waals surface area contributed by atoms with Crippen LogP contribution in [0.25, 0.3) is 0 Å². The largest absolute Gasteiger partial charge is 0.489 e. The third-order valence-corrected chi connectivity index (χ3v) is 8.18. The molecule has 7 nitrogen and oxygen atoms in total. The number of para-hydroxylation sites is 1. The molecule has 0 aliphatic carbocycles. The summed E-state index contributed by atoms with van der Waals surface area (Å²) in [6.07, 6.45) is 1.63. The van der Waals surface area contributed by atoms with Gasteiger partial charge in [0.15, 0.2) is 0 Å². The van der Waals surface area contributed by atoms with Gasteiger partial charge in [0.1, 0.15) is 24.2 Å². The Morgan fingerprint density at radius 1 is 1.14 bits per heavy atom. The second-order valence-corrected chi connectivity index (χ2v) is 10.9. The highest BCUT2D eigenvalue weighted by Gasteiger charge is 2.29. The lowest BCUT2D eigenvalue weighted by Crippen LogP contribution is -2.40. The summed E-state index contributed by atoms with van der Waals surface area (Å²) in [5.41, 5.74) is 3.67. The zero-order valence-corrected chi connectivity index (χ0v) is 20.6. The molecule has 3 aromatic rings. The first-order valence-electron chi connectivity index (χ1n) is 10.8. The Labute approximate surface area is 208 Å². The molecule has 182 valence electrons. The van der Waals surface area contributed by atoms with Gasteiger partial charge in [0.2, 0.25) is 0 Å². The van der Waals surface area contributed by atoms with E-state index >= 15 is 0 Å². The maximum absolute atomic E-state index is 14.6. The van der Waals surface area contributed by atoms with E-state index in [0.717, 1.165) is 27.4 Å². The first-order chi connectivity index (χ1) is 16.8. The Balaban J connectivity index is 1.49. The normalized spacial score (nSPS) is 13.9. The van der Waals surface area contributed by atoms with Crippen molar-refractivity contribution in [3.05, 3.63) is 89.7 Å². The second kappa shape index (κ2) is 10.9. The molecule has 0 aromatic heterocycles. The van der Waals surface area contributed by atoms with Gasteiger partial charge in [0.05, 0.1) is 16.8 Å². The third-order valence-electron chi connectivity index (χ3n) is 5.19. The lowest BCUT2D eigenvalue weighted by atomic mass is 10.2. The Morgan fingerprint density at radius 2 is 1.89 bits per heavy atom. The number of benzene rings is 3. The van der Waals surface area contributed by atoms with Crippen molar-refractivity contribution in [3.8, 4) is 5.75 Å². The van der Waals surface area contributed by atoms with E-state index in [1.165, 1.54) is 36.5 Å². The Bertz CT molecular complexity index is 1330. The highest BCUT2D eigenvalue weighted by atomic mass is 32.2. The molecule has 0 unspecified atom stereocenters. The summed E-state index contributed by atoms with van der Waals surface area (Å²) in [6.45, 7) is 1.17. The number of anilines is 1. The Kier molecular flexibility index (Phi) is 7.72. The minimum absolute atomic E-state index is 0.0515. The average Bonchev–Trinajstić information content (AvgIpc) is 2.81. The van der Waals surface area contributed by atoms with Crippen LogP contribution in [0.5, 0.6) is 5.75 Å². The van der Waals surface area contributed by atoms with Crippen LogP contribution in [0.4, 0.5) is 10.1 Å². The number of carbonyl (C=O) groups is 1. The predicted molar refractivity (Wildman–Crippen MR) is 136 cm³/mol. The smallest absolute Gasteiger partial charge is 0.264 e. The van der Waals surface area contributed by atoms with Gasteiger partial charge in [-0.3, -0.25) is 9.10 Å². The number of hydrogen-bond donors (Lipinski definition) is 1. The first kappa shape index (κ1) is 24.7. The van der Waals surface area contributed by atoms with Gasteiger partial charge in [-0.25, -0.2) is 18.2 Å². The molecule has 35 heavy (non-hydrogen) atoms. The van der Waals surface area contributed by atoms with Crippen molar-refractivity contribution >= 4 is 39.6 Å². The van der Waals surface area contributed by atoms with Gasteiger partial charge in [0, 0.05) is 11.5 Å². The molecular formula is C25H24FN3O4S2. The van der Waals surface area contributed by atoms with E-state index in [2.05, 4.69) is 10.5 Å². The first-order valence-corrected chi connectivity index (χ1v) is 13.4. The van der Waals surface area contributed by atoms with Crippen LogP contribution in [0.3, 0.4) is 0 Å². The van der Waals surface area contributed by atoms with Gasteiger partial charge in [0.25, 0.3) is 15.9 Å². The predicted octanol–water partition coefficient (Wildman–Crippen LogP) is 3.97. The van der Waals surface area contributed by atoms with Crippen LogP contribution < -0.4 is 14.5 Å². The SMILES string of the molecule is Cc1ccc(S(=O)(=O)N(CC(=O)N/N=C\c2cccc(OC3CSC3)c2)c2ccccc2F)cc1. The molecule has 0 spiro atoms. The molecule has 1 aliphatic heterocycles. The molecular weight excluding hydrogens is 489 g/mol. The van der Waals surface area contributed by atoms with E-state index in [0.29, 0.717) is 11.3 Å². The fraction of sp³-hybridized carbons (Fsp3) is 0.200. The van der Waals surface area contributed by atoms with E-state index in [1.807, 2.05) is 30.8 Å². The summed E-state index contributed by atoms with van der Waals surface area (Å²) in [4.78, 5) is 12.6. The van der Waals surface area contributed by atoms with Crippen molar-refractivity contribution in [3.63, 3.8) is 0 Å². The number of aryl methyl sites for hydroxylation is 1. The summed E-state index contributed by atoms with van der Waals surface area (Å²) in [6, 6.07) is 18.8. The van der Waals surface area contributed by atoms with Crippen molar-refractivity contribution in [1.29, 1.82) is 0 Å². The van der Waals surface area contributed by atoms with E-state index < -0.39 is 28.3 Å².